The van der Waals surface area contributed by atoms with Gasteiger partial charge < -0.3 is 19.6 Å². The van der Waals surface area contributed by atoms with Crippen LogP contribution in [-0.4, -0.2) is 34.8 Å². The molecule has 0 unspecified atom stereocenters. The molecular formula is C21H21N3O4. The van der Waals surface area contributed by atoms with Gasteiger partial charge in [0.05, 0.1) is 5.56 Å². The van der Waals surface area contributed by atoms with E-state index in [0.717, 1.165) is 31.3 Å². The van der Waals surface area contributed by atoms with Crippen molar-refractivity contribution in [3.63, 3.8) is 0 Å². The summed E-state index contributed by atoms with van der Waals surface area (Å²) in [7, 11) is 0. The number of aromatic amines is 1. The van der Waals surface area contributed by atoms with Crippen LogP contribution in [0.25, 0.3) is 11.0 Å². The largest absolute Gasteiger partial charge is 0.451 e. The van der Waals surface area contributed by atoms with Crippen LogP contribution < -0.4 is 10.9 Å². The zero-order valence-corrected chi connectivity index (χ0v) is 15.6. The molecule has 0 radical (unpaired) electrons. The first-order chi connectivity index (χ1) is 13.5. The number of anilines is 1. The molecule has 0 bridgehead atoms. The Kier molecular flexibility index (Phi) is 4.73. The van der Waals surface area contributed by atoms with Gasteiger partial charge in [-0.05, 0) is 49.6 Å². The molecule has 1 aliphatic heterocycles. The number of fused-ring (bicyclic) bond motifs is 1. The number of furan rings is 1. The number of likely N-dealkylation sites (tertiary alicyclic amines) is 1. The topological polar surface area (TPSA) is 95.4 Å². The van der Waals surface area contributed by atoms with Crippen LogP contribution in [-0.2, 0) is 6.42 Å². The van der Waals surface area contributed by atoms with Crippen molar-refractivity contribution in [3.8, 4) is 0 Å². The minimum Gasteiger partial charge on any atom is -0.451 e. The van der Waals surface area contributed by atoms with E-state index in [1.54, 1.807) is 29.2 Å². The Hall–Kier alpha value is -3.35. The number of nitrogens with one attached hydrogen (secondary N) is 2. The number of hydrogen-bond donors (Lipinski definition) is 2. The van der Waals surface area contributed by atoms with E-state index in [1.807, 2.05) is 6.92 Å². The number of rotatable bonds is 4. The number of H-pyrrole nitrogens is 1. The summed E-state index contributed by atoms with van der Waals surface area (Å²) in [5, 5.41) is 3.59. The maximum Gasteiger partial charge on any atom is 0.289 e. The lowest BCUT2D eigenvalue weighted by atomic mass is 10.1. The summed E-state index contributed by atoms with van der Waals surface area (Å²) in [5.74, 6) is -0.0845. The summed E-state index contributed by atoms with van der Waals surface area (Å²) in [6.45, 7) is 3.39. The second-order valence-electron chi connectivity index (χ2n) is 6.89. The molecule has 0 saturated carbocycles. The molecule has 28 heavy (non-hydrogen) atoms. The van der Waals surface area contributed by atoms with E-state index in [2.05, 4.69) is 10.3 Å². The van der Waals surface area contributed by atoms with E-state index < -0.39 is 0 Å². The van der Waals surface area contributed by atoms with Crippen molar-refractivity contribution < 1.29 is 14.0 Å². The third kappa shape index (κ3) is 3.43. The maximum absolute atomic E-state index is 12.6. The van der Waals surface area contributed by atoms with Crippen molar-refractivity contribution in [2.75, 3.05) is 18.4 Å². The molecule has 0 spiro atoms. The van der Waals surface area contributed by atoms with Crippen molar-refractivity contribution in [1.82, 2.24) is 9.88 Å². The molecule has 0 aliphatic carbocycles. The molecule has 7 heteroatoms. The van der Waals surface area contributed by atoms with Crippen LogP contribution in [0, 0.1) is 0 Å². The smallest absolute Gasteiger partial charge is 0.289 e. The monoisotopic (exact) mass is 379 g/mol. The highest BCUT2D eigenvalue weighted by atomic mass is 16.3. The third-order valence-corrected chi connectivity index (χ3v) is 4.98. The van der Waals surface area contributed by atoms with Gasteiger partial charge in [0.2, 0.25) is 5.56 Å². The highest BCUT2D eigenvalue weighted by molar-refractivity contribution is 6.06. The van der Waals surface area contributed by atoms with Crippen molar-refractivity contribution >= 4 is 28.5 Å². The summed E-state index contributed by atoms with van der Waals surface area (Å²) in [6, 6.07) is 9.81. The van der Waals surface area contributed by atoms with Crippen LogP contribution in [0.4, 0.5) is 5.69 Å². The number of nitrogens with zero attached hydrogens (tertiary/aromatic N) is 1. The van der Waals surface area contributed by atoms with E-state index in [0.29, 0.717) is 34.7 Å². The van der Waals surface area contributed by atoms with E-state index in [-0.39, 0.29) is 17.4 Å². The second kappa shape index (κ2) is 7.34. The quantitative estimate of drug-likeness (QED) is 0.728. The Balaban J connectivity index is 1.57. The molecule has 1 aliphatic rings. The summed E-state index contributed by atoms with van der Waals surface area (Å²) in [5.41, 5.74) is 1.97. The number of aryl methyl sites for hydroxylation is 1. The van der Waals surface area contributed by atoms with E-state index in [4.69, 9.17) is 4.42 Å². The zero-order valence-electron chi connectivity index (χ0n) is 15.6. The van der Waals surface area contributed by atoms with E-state index in [1.165, 1.54) is 12.1 Å². The van der Waals surface area contributed by atoms with Crippen LogP contribution in [0.1, 0.15) is 46.4 Å². The van der Waals surface area contributed by atoms with Gasteiger partial charge in [0.15, 0.2) is 5.76 Å². The average Bonchev–Trinajstić information content (AvgIpc) is 3.36. The number of carbonyl (C=O) groups is 2. The van der Waals surface area contributed by atoms with E-state index >= 15 is 0 Å². The highest BCUT2D eigenvalue weighted by Crippen LogP contribution is 2.25. The molecule has 1 saturated heterocycles. The van der Waals surface area contributed by atoms with Gasteiger partial charge in [-0.2, -0.15) is 0 Å². The molecule has 2 N–H and O–H groups in total. The van der Waals surface area contributed by atoms with Crippen LogP contribution in [0.3, 0.4) is 0 Å². The molecule has 1 aromatic carbocycles. The van der Waals surface area contributed by atoms with Gasteiger partial charge in [0.1, 0.15) is 5.58 Å². The summed E-state index contributed by atoms with van der Waals surface area (Å²) in [6.07, 6.45) is 2.58. The molecule has 1 fully saturated rings. The van der Waals surface area contributed by atoms with Crippen LogP contribution in [0.5, 0.6) is 0 Å². The number of hydrogen-bond acceptors (Lipinski definition) is 4. The lowest BCUT2D eigenvalue weighted by Gasteiger charge is -2.12. The Labute approximate surface area is 161 Å². The Bertz CT molecular complexity index is 1110. The van der Waals surface area contributed by atoms with E-state index in [9.17, 15) is 14.4 Å². The molecular weight excluding hydrogens is 358 g/mol. The molecule has 3 aromatic rings. The molecule has 0 atom stereocenters. The Morgan fingerprint density at radius 3 is 2.68 bits per heavy atom. The summed E-state index contributed by atoms with van der Waals surface area (Å²) >= 11 is 0. The molecule has 4 rings (SSSR count). The number of pyridine rings is 1. The molecule has 144 valence electrons. The first-order valence-corrected chi connectivity index (χ1v) is 9.41. The second-order valence-corrected chi connectivity index (χ2v) is 6.89. The van der Waals surface area contributed by atoms with Gasteiger partial charge in [-0.3, -0.25) is 14.4 Å². The standard InChI is InChI=1S/C21H21N3O4/c1-2-16-15(6-8-19(25)23-16)20(26)22-14-5-7-17-13(11-14)12-18(28-17)21(27)24-9-3-4-10-24/h5-8,11-12H,2-4,9-10H2,1H3,(H,22,26)(H,23,25). The van der Waals surface area contributed by atoms with Crippen LogP contribution >= 0.6 is 0 Å². The van der Waals surface area contributed by atoms with Gasteiger partial charge in [0.25, 0.3) is 11.8 Å². The normalized spacial score (nSPS) is 13.8. The first-order valence-electron chi connectivity index (χ1n) is 9.41. The predicted molar refractivity (Wildman–Crippen MR) is 106 cm³/mol. The lowest BCUT2D eigenvalue weighted by Crippen LogP contribution is -2.27. The summed E-state index contributed by atoms with van der Waals surface area (Å²) in [4.78, 5) is 41.0. The van der Waals surface area contributed by atoms with Crippen molar-refractivity contribution in [1.29, 1.82) is 0 Å². The Morgan fingerprint density at radius 1 is 1.14 bits per heavy atom. The van der Waals surface area contributed by atoms with Gasteiger partial charge in [-0.1, -0.05) is 6.92 Å². The SMILES string of the molecule is CCc1[nH]c(=O)ccc1C(=O)Nc1ccc2oc(C(=O)N3CCCC3)cc2c1. The molecule has 7 nitrogen and oxygen atoms in total. The van der Waals surface area contributed by atoms with Gasteiger partial charge >= 0.3 is 0 Å². The molecule has 3 heterocycles. The fraction of sp³-hybridized carbons (Fsp3) is 0.286. The Morgan fingerprint density at radius 2 is 1.93 bits per heavy atom. The zero-order chi connectivity index (χ0) is 19.7. The fourth-order valence-electron chi connectivity index (χ4n) is 3.51. The maximum atomic E-state index is 12.6. The average molecular weight is 379 g/mol. The molecule has 2 amide bonds. The molecule has 2 aromatic heterocycles. The van der Waals surface area contributed by atoms with Crippen LogP contribution in [0.2, 0.25) is 0 Å². The third-order valence-electron chi connectivity index (χ3n) is 4.98. The minimum absolute atomic E-state index is 0.0971. The van der Waals surface area contributed by atoms with Gasteiger partial charge in [-0.25, -0.2) is 0 Å². The predicted octanol–water partition coefficient (Wildman–Crippen LogP) is 3.17. The number of amides is 2. The fourth-order valence-corrected chi connectivity index (χ4v) is 3.51. The highest BCUT2D eigenvalue weighted by Gasteiger charge is 2.22. The minimum atomic E-state index is -0.302. The number of benzene rings is 1. The number of carbonyl (C=O) groups excluding carboxylic acids is 2. The van der Waals surface area contributed by atoms with Crippen LogP contribution in [0.15, 0.2) is 45.6 Å². The summed E-state index contributed by atoms with van der Waals surface area (Å²) < 4.78 is 5.69. The lowest BCUT2D eigenvalue weighted by molar-refractivity contribution is 0.0763. The van der Waals surface area contributed by atoms with Crippen molar-refractivity contribution in [3.05, 3.63) is 63.8 Å². The van der Waals surface area contributed by atoms with Gasteiger partial charge in [-0.15, -0.1) is 0 Å². The van der Waals surface area contributed by atoms with Crippen molar-refractivity contribution in [2.45, 2.75) is 26.2 Å². The van der Waals surface area contributed by atoms with Gasteiger partial charge in [0, 0.05) is 35.9 Å². The number of aromatic nitrogens is 1. The van der Waals surface area contributed by atoms with Crippen molar-refractivity contribution in [2.24, 2.45) is 0 Å². The first kappa shape index (κ1) is 18.0.